The van der Waals surface area contributed by atoms with Crippen LogP contribution in [0.2, 0.25) is 0 Å². The molecule has 6 nitrogen and oxygen atoms in total. The van der Waals surface area contributed by atoms with Crippen LogP contribution in [0, 0.1) is 0 Å². The minimum atomic E-state index is 0.0493. The van der Waals surface area contributed by atoms with Crippen LogP contribution >= 0.6 is 0 Å². The topological polar surface area (TPSA) is 48.1 Å². The van der Waals surface area contributed by atoms with Crippen molar-refractivity contribution in [3.8, 4) is 5.75 Å². The highest BCUT2D eigenvalue weighted by Crippen LogP contribution is 2.24. The van der Waals surface area contributed by atoms with Gasteiger partial charge in [-0.1, -0.05) is 24.3 Å². The lowest BCUT2D eigenvalue weighted by atomic mass is 10.0. The number of rotatable bonds is 9. The number of amides is 1. The van der Waals surface area contributed by atoms with Gasteiger partial charge in [-0.3, -0.25) is 9.69 Å². The summed E-state index contributed by atoms with van der Waals surface area (Å²) in [5.74, 6) is 0.885. The molecule has 1 heterocycles. The van der Waals surface area contributed by atoms with E-state index in [1.807, 2.05) is 45.3 Å². The lowest BCUT2D eigenvalue weighted by molar-refractivity contribution is -0.120. The lowest BCUT2D eigenvalue weighted by Gasteiger charge is -2.38. The number of ether oxygens (including phenoxy) is 1. The smallest absolute Gasteiger partial charge is 0.224 e. The van der Waals surface area contributed by atoms with E-state index in [1.54, 1.807) is 0 Å². The predicted octanol–water partition coefficient (Wildman–Crippen LogP) is 2.80. The molecule has 0 saturated carbocycles. The minimum absolute atomic E-state index is 0.0493. The first-order chi connectivity index (χ1) is 15.0. The number of nitrogens with one attached hydrogen (secondary N) is 1. The van der Waals surface area contributed by atoms with Crippen molar-refractivity contribution in [3.63, 3.8) is 0 Å². The molecule has 2 aromatic carbocycles. The zero-order valence-electron chi connectivity index (χ0n) is 19.3. The quantitative estimate of drug-likeness (QED) is 0.671. The van der Waals surface area contributed by atoms with Crippen LogP contribution in [0.3, 0.4) is 0 Å². The first-order valence-corrected chi connectivity index (χ1v) is 11.1. The molecule has 6 heteroatoms. The Morgan fingerprint density at radius 3 is 2.26 bits per heavy atom. The zero-order valence-corrected chi connectivity index (χ0v) is 19.3. The van der Waals surface area contributed by atoms with Crippen molar-refractivity contribution in [2.24, 2.45) is 0 Å². The number of piperazine rings is 1. The molecule has 0 radical (unpaired) electrons. The predicted molar refractivity (Wildman–Crippen MR) is 127 cm³/mol. The van der Waals surface area contributed by atoms with Crippen LogP contribution in [0.15, 0.2) is 48.5 Å². The Bertz CT molecular complexity index is 812. The van der Waals surface area contributed by atoms with Crippen LogP contribution < -0.4 is 15.0 Å². The van der Waals surface area contributed by atoms with E-state index in [2.05, 4.69) is 51.3 Å². The summed E-state index contributed by atoms with van der Waals surface area (Å²) in [7, 11) is 6.26. The van der Waals surface area contributed by atoms with E-state index in [-0.39, 0.29) is 11.9 Å². The van der Waals surface area contributed by atoms with Crippen LogP contribution in [-0.2, 0) is 11.2 Å². The largest absolute Gasteiger partial charge is 0.494 e. The van der Waals surface area contributed by atoms with Crippen molar-refractivity contribution < 1.29 is 9.53 Å². The third-order valence-corrected chi connectivity index (χ3v) is 5.86. The molecule has 0 unspecified atom stereocenters. The molecule has 1 amide bonds. The van der Waals surface area contributed by atoms with E-state index in [1.165, 1.54) is 11.3 Å². The number of hydrogen-bond donors (Lipinski definition) is 1. The summed E-state index contributed by atoms with van der Waals surface area (Å²) in [6.07, 6.45) is 0.376. The number of benzene rings is 2. The highest BCUT2D eigenvalue weighted by Gasteiger charge is 2.24. The number of carbonyl (C=O) groups is 1. The normalized spacial score (nSPS) is 16.0. The molecular formula is C25H36N4O2. The monoisotopic (exact) mass is 424 g/mol. The SMILES string of the molecule is CCOc1ccc(CC(=O)NC[C@@H](c2ccc(N(C)C)cc2)N2CCN(C)CC2)cc1. The van der Waals surface area contributed by atoms with Crippen LogP contribution in [0.4, 0.5) is 5.69 Å². The van der Waals surface area contributed by atoms with Crippen molar-refractivity contribution >= 4 is 11.6 Å². The molecule has 1 atom stereocenters. The summed E-state index contributed by atoms with van der Waals surface area (Å²) in [4.78, 5) is 19.6. The van der Waals surface area contributed by atoms with Crippen molar-refractivity contribution in [1.29, 1.82) is 0 Å². The van der Waals surface area contributed by atoms with E-state index in [0.29, 0.717) is 19.6 Å². The fraction of sp³-hybridized carbons (Fsp3) is 0.480. The lowest BCUT2D eigenvalue weighted by Crippen LogP contribution is -2.48. The van der Waals surface area contributed by atoms with Gasteiger partial charge in [-0.25, -0.2) is 0 Å². The first-order valence-electron chi connectivity index (χ1n) is 11.1. The Labute approximate surface area is 186 Å². The third-order valence-electron chi connectivity index (χ3n) is 5.86. The number of hydrogen-bond acceptors (Lipinski definition) is 5. The van der Waals surface area contributed by atoms with Gasteiger partial charge in [0.2, 0.25) is 5.91 Å². The van der Waals surface area contributed by atoms with Crippen molar-refractivity contribution in [2.75, 3.05) is 65.4 Å². The van der Waals surface area contributed by atoms with Crippen molar-refractivity contribution in [1.82, 2.24) is 15.1 Å². The molecule has 1 aliphatic rings. The minimum Gasteiger partial charge on any atom is -0.494 e. The van der Waals surface area contributed by atoms with Crippen LogP contribution in [0.5, 0.6) is 5.75 Å². The Morgan fingerprint density at radius 1 is 1.03 bits per heavy atom. The Kier molecular flexibility index (Phi) is 8.32. The van der Waals surface area contributed by atoms with Gasteiger partial charge in [0.25, 0.3) is 0 Å². The van der Waals surface area contributed by atoms with Gasteiger partial charge in [-0.05, 0) is 49.4 Å². The van der Waals surface area contributed by atoms with E-state index >= 15 is 0 Å². The van der Waals surface area contributed by atoms with Crippen LogP contribution in [-0.4, -0.2) is 76.2 Å². The zero-order chi connectivity index (χ0) is 22.2. The highest BCUT2D eigenvalue weighted by atomic mass is 16.5. The number of carbonyl (C=O) groups excluding carboxylic acids is 1. The molecule has 1 N–H and O–H groups in total. The van der Waals surface area contributed by atoms with Gasteiger partial charge in [0.05, 0.1) is 19.1 Å². The molecule has 0 aliphatic carbocycles. The standard InChI is InChI=1S/C25H36N4O2/c1-5-31-23-12-6-20(7-13-23)18-25(30)26-19-24(29-16-14-28(4)15-17-29)21-8-10-22(11-9-21)27(2)3/h6-13,24H,5,14-19H2,1-4H3,(H,26,30)/t24-/m0/s1. The van der Waals surface area contributed by atoms with Gasteiger partial charge in [0.15, 0.2) is 0 Å². The van der Waals surface area contributed by atoms with Crippen molar-refractivity contribution in [2.45, 2.75) is 19.4 Å². The summed E-state index contributed by atoms with van der Waals surface area (Å²) in [6, 6.07) is 16.6. The summed E-state index contributed by atoms with van der Waals surface area (Å²) in [5.41, 5.74) is 3.42. The second-order valence-corrected chi connectivity index (χ2v) is 8.40. The molecule has 1 fully saturated rings. The van der Waals surface area contributed by atoms with Gasteiger partial charge in [-0.15, -0.1) is 0 Å². The summed E-state index contributed by atoms with van der Waals surface area (Å²) in [5, 5.41) is 3.18. The van der Waals surface area contributed by atoms with Gasteiger partial charge in [-0.2, -0.15) is 0 Å². The second-order valence-electron chi connectivity index (χ2n) is 8.40. The Hall–Kier alpha value is -2.57. The molecule has 3 rings (SSSR count). The maximum atomic E-state index is 12.7. The summed E-state index contributed by atoms with van der Waals surface area (Å²) < 4.78 is 5.48. The molecule has 31 heavy (non-hydrogen) atoms. The van der Waals surface area contributed by atoms with Gasteiger partial charge >= 0.3 is 0 Å². The van der Waals surface area contributed by atoms with Gasteiger partial charge in [0.1, 0.15) is 5.75 Å². The van der Waals surface area contributed by atoms with Gasteiger partial charge in [0, 0.05) is 52.5 Å². The Balaban J connectivity index is 1.64. The molecule has 0 aromatic heterocycles. The second kappa shape index (κ2) is 11.2. The average molecular weight is 425 g/mol. The summed E-state index contributed by atoms with van der Waals surface area (Å²) in [6.45, 7) is 7.33. The molecule has 1 saturated heterocycles. The van der Waals surface area contributed by atoms with E-state index in [9.17, 15) is 4.79 Å². The Morgan fingerprint density at radius 2 is 1.68 bits per heavy atom. The average Bonchev–Trinajstić information content (AvgIpc) is 2.77. The maximum Gasteiger partial charge on any atom is 0.224 e. The fourth-order valence-corrected chi connectivity index (χ4v) is 3.91. The molecule has 2 aromatic rings. The third kappa shape index (κ3) is 6.71. The molecule has 0 bridgehead atoms. The molecule has 1 aliphatic heterocycles. The number of nitrogens with zero attached hydrogens (tertiary/aromatic N) is 3. The first kappa shape index (κ1) is 23.1. The van der Waals surface area contributed by atoms with Crippen LogP contribution in [0.1, 0.15) is 24.1 Å². The van der Waals surface area contributed by atoms with Crippen LogP contribution in [0.25, 0.3) is 0 Å². The van der Waals surface area contributed by atoms with E-state index < -0.39 is 0 Å². The fourth-order valence-electron chi connectivity index (χ4n) is 3.91. The number of anilines is 1. The van der Waals surface area contributed by atoms with E-state index in [0.717, 1.165) is 37.5 Å². The molecule has 0 spiro atoms. The highest BCUT2D eigenvalue weighted by molar-refractivity contribution is 5.78. The maximum absolute atomic E-state index is 12.7. The van der Waals surface area contributed by atoms with Crippen molar-refractivity contribution in [3.05, 3.63) is 59.7 Å². The molecule has 168 valence electrons. The summed E-state index contributed by atoms with van der Waals surface area (Å²) >= 11 is 0. The van der Waals surface area contributed by atoms with E-state index in [4.69, 9.17) is 4.74 Å². The number of likely N-dealkylation sites (N-methyl/N-ethyl adjacent to an activating group) is 1. The molecular weight excluding hydrogens is 388 g/mol. The van der Waals surface area contributed by atoms with Gasteiger partial charge < -0.3 is 19.9 Å².